The van der Waals surface area contributed by atoms with E-state index < -0.39 is 0 Å². The minimum absolute atomic E-state index is 0.124. The lowest BCUT2D eigenvalue weighted by Crippen LogP contribution is -2.25. The summed E-state index contributed by atoms with van der Waals surface area (Å²) >= 11 is 0. The van der Waals surface area contributed by atoms with E-state index >= 15 is 0 Å². The Kier molecular flexibility index (Phi) is 6.41. The van der Waals surface area contributed by atoms with Crippen LogP contribution in [0.3, 0.4) is 0 Å². The summed E-state index contributed by atoms with van der Waals surface area (Å²) in [7, 11) is 1.77. The Balaban J connectivity index is 1.85. The number of hydrogen-bond acceptors (Lipinski definition) is 3. The van der Waals surface area contributed by atoms with Crippen LogP contribution in [0.1, 0.15) is 48.4 Å². The molecule has 130 valence electrons. The maximum Gasteiger partial charge on any atom is 0.269 e. The summed E-state index contributed by atoms with van der Waals surface area (Å²) < 4.78 is 7.38. The van der Waals surface area contributed by atoms with E-state index in [4.69, 9.17) is 4.74 Å². The molecular formula is C19H27N3O2. The van der Waals surface area contributed by atoms with E-state index in [-0.39, 0.29) is 5.91 Å². The molecule has 0 bridgehead atoms. The highest BCUT2D eigenvalue weighted by molar-refractivity contribution is 5.92. The van der Waals surface area contributed by atoms with Gasteiger partial charge in [0.2, 0.25) is 0 Å². The smallest absolute Gasteiger partial charge is 0.269 e. The fourth-order valence-corrected chi connectivity index (χ4v) is 2.52. The number of ether oxygens (including phenoxy) is 1. The molecule has 0 spiro atoms. The molecule has 0 aliphatic heterocycles. The number of nitrogens with zero attached hydrogens (tertiary/aromatic N) is 2. The van der Waals surface area contributed by atoms with Gasteiger partial charge in [0.25, 0.3) is 5.91 Å². The van der Waals surface area contributed by atoms with Crippen molar-refractivity contribution < 1.29 is 9.53 Å². The van der Waals surface area contributed by atoms with Gasteiger partial charge >= 0.3 is 0 Å². The summed E-state index contributed by atoms with van der Waals surface area (Å²) in [5.74, 6) is 1.43. The number of hydrogen-bond donors (Lipinski definition) is 1. The van der Waals surface area contributed by atoms with Gasteiger partial charge < -0.3 is 10.1 Å². The van der Waals surface area contributed by atoms with Gasteiger partial charge in [0.1, 0.15) is 11.4 Å². The first-order valence-electron chi connectivity index (χ1n) is 8.46. The molecule has 0 unspecified atom stereocenters. The molecule has 0 aliphatic carbocycles. The highest BCUT2D eigenvalue weighted by atomic mass is 16.5. The minimum Gasteiger partial charge on any atom is -0.494 e. The van der Waals surface area contributed by atoms with Gasteiger partial charge in [-0.2, -0.15) is 5.10 Å². The van der Waals surface area contributed by atoms with E-state index in [1.165, 1.54) is 6.42 Å². The lowest BCUT2D eigenvalue weighted by atomic mass is 10.1. The summed E-state index contributed by atoms with van der Waals surface area (Å²) in [6, 6.07) is 9.64. The number of carbonyl (C=O) groups excluding carboxylic acids is 1. The number of benzene rings is 1. The molecule has 1 amide bonds. The molecule has 5 nitrogen and oxygen atoms in total. The second kappa shape index (κ2) is 8.52. The number of aromatic nitrogens is 2. The lowest BCUT2D eigenvalue weighted by Gasteiger charge is -2.10. The van der Waals surface area contributed by atoms with Crippen LogP contribution in [0.15, 0.2) is 30.3 Å². The van der Waals surface area contributed by atoms with Gasteiger partial charge in [-0.3, -0.25) is 9.48 Å². The van der Waals surface area contributed by atoms with E-state index in [9.17, 15) is 4.79 Å². The fraction of sp³-hybridized carbons (Fsp3) is 0.474. The van der Waals surface area contributed by atoms with Crippen LogP contribution >= 0.6 is 0 Å². The van der Waals surface area contributed by atoms with Crippen molar-refractivity contribution in [1.29, 1.82) is 0 Å². The quantitative estimate of drug-likeness (QED) is 0.755. The van der Waals surface area contributed by atoms with Crippen molar-refractivity contribution in [2.45, 2.75) is 40.2 Å². The first-order chi connectivity index (χ1) is 11.5. The van der Waals surface area contributed by atoms with E-state index in [0.29, 0.717) is 18.2 Å². The molecule has 2 rings (SSSR count). The second-order valence-corrected chi connectivity index (χ2v) is 6.51. The van der Waals surface area contributed by atoms with E-state index in [2.05, 4.69) is 24.3 Å². The largest absolute Gasteiger partial charge is 0.494 e. The van der Waals surface area contributed by atoms with Gasteiger partial charge in [0.05, 0.1) is 12.3 Å². The Morgan fingerprint density at radius 2 is 2.12 bits per heavy atom. The third kappa shape index (κ3) is 5.41. The highest BCUT2D eigenvalue weighted by Crippen LogP contribution is 2.14. The van der Waals surface area contributed by atoms with Crippen molar-refractivity contribution in [2.24, 2.45) is 13.0 Å². The Hall–Kier alpha value is -2.30. The minimum atomic E-state index is -0.124. The number of aryl methyl sites for hydroxylation is 2. The summed E-state index contributed by atoms with van der Waals surface area (Å²) in [5, 5.41) is 7.11. The molecule has 0 aliphatic rings. The molecule has 0 saturated carbocycles. The van der Waals surface area contributed by atoms with E-state index in [1.807, 2.05) is 31.2 Å². The van der Waals surface area contributed by atoms with Gasteiger partial charge in [0, 0.05) is 13.6 Å². The SMILES string of the molecule is Cc1cc(C(=O)NCc2cccc(OCCCC(C)C)c2)n(C)n1. The number of amides is 1. The molecule has 1 aromatic heterocycles. The molecule has 2 aromatic rings. The zero-order valence-corrected chi connectivity index (χ0v) is 15.0. The Morgan fingerprint density at radius 1 is 1.33 bits per heavy atom. The predicted octanol–water partition coefficient (Wildman–Crippen LogP) is 3.47. The van der Waals surface area contributed by atoms with Crippen LogP contribution in [-0.2, 0) is 13.6 Å². The molecule has 1 aromatic carbocycles. The molecule has 1 N–H and O–H groups in total. The predicted molar refractivity (Wildman–Crippen MR) is 95.1 cm³/mol. The topological polar surface area (TPSA) is 56.1 Å². The molecule has 0 saturated heterocycles. The lowest BCUT2D eigenvalue weighted by molar-refractivity contribution is 0.0941. The first kappa shape index (κ1) is 18.0. The molecule has 0 radical (unpaired) electrons. The van der Waals surface area contributed by atoms with Crippen molar-refractivity contribution in [3.8, 4) is 5.75 Å². The van der Waals surface area contributed by atoms with Crippen molar-refractivity contribution in [3.05, 3.63) is 47.3 Å². The molecule has 0 atom stereocenters. The zero-order valence-electron chi connectivity index (χ0n) is 15.0. The zero-order chi connectivity index (χ0) is 17.5. The van der Waals surface area contributed by atoms with Crippen molar-refractivity contribution in [3.63, 3.8) is 0 Å². The third-order valence-electron chi connectivity index (χ3n) is 3.78. The summed E-state index contributed by atoms with van der Waals surface area (Å²) in [4.78, 5) is 12.2. The van der Waals surface area contributed by atoms with Crippen LogP contribution in [-0.4, -0.2) is 22.3 Å². The summed E-state index contributed by atoms with van der Waals surface area (Å²) in [5.41, 5.74) is 2.41. The van der Waals surface area contributed by atoms with Gasteiger partial charge in [-0.15, -0.1) is 0 Å². The molecular weight excluding hydrogens is 302 g/mol. The molecule has 1 heterocycles. The van der Waals surface area contributed by atoms with E-state index in [0.717, 1.165) is 30.0 Å². The van der Waals surface area contributed by atoms with Crippen molar-refractivity contribution >= 4 is 5.91 Å². The Morgan fingerprint density at radius 3 is 2.79 bits per heavy atom. The normalized spacial score (nSPS) is 10.9. The van der Waals surface area contributed by atoms with Crippen LogP contribution in [0.5, 0.6) is 5.75 Å². The maximum atomic E-state index is 12.2. The fourth-order valence-electron chi connectivity index (χ4n) is 2.52. The number of rotatable bonds is 8. The van der Waals surface area contributed by atoms with Gasteiger partial charge in [-0.1, -0.05) is 26.0 Å². The van der Waals surface area contributed by atoms with E-state index in [1.54, 1.807) is 17.8 Å². The highest BCUT2D eigenvalue weighted by Gasteiger charge is 2.11. The summed E-state index contributed by atoms with van der Waals surface area (Å²) in [6.45, 7) is 7.49. The first-order valence-corrected chi connectivity index (χ1v) is 8.46. The Labute approximate surface area is 144 Å². The standard InChI is InChI=1S/C19H27N3O2/c1-14(2)7-6-10-24-17-9-5-8-16(12-17)13-20-19(23)18-11-15(3)21-22(18)4/h5,8-9,11-12,14H,6-7,10,13H2,1-4H3,(H,20,23). The average molecular weight is 329 g/mol. The van der Waals surface area contributed by atoms with Crippen LogP contribution in [0, 0.1) is 12.8 Å². The average Bonchev–Trinajstić information content (AvgIpc) is 2.88. The second-order valence-electron chi connectivity index (χ2n) is 6.51. The number of nitrogens with one attached hydrogen (secondary N) is 1. The van der Waals surface area contributed by atoms with Crippen LogP contribution in [0.25, 0.3) is 0 Å². The third-order valence-corrected chi connectivity index (χ3v) is 3.78. The van der Waals surface area contributed by atoms with Crippen LogP contribution in [0.4, 0.5) is 0 Å². The monoisotopic (exact) mass is 329 g/mol. The number of carbonyl (C=O) groups is 1. The molecule has 24 heavy (non-hydrogen) atoms. The molecule has 0 fully saturated rings. The van der Waals surface area contributed by atoms with Gasteiger partial charge in [-0.05, 0) is 49.4 Å². The Bertz CT molecular complexity index is 677. The molecule has 5 heteroatoms. The van der Waals surface area contributed by atoms with Crippen LogP contribution in [0.2, 0.25) is 0 Å². The summed E-state index contributed by atoms with van der Waals surface area (Å²) in [6.07, 6.45) is 2.22. The van der Waals surface area contributed by atoms with Crippen molar-refractivity contribution in [1.82, 2.24) is 15.1 Å². The maximum absolute atomic E-state index is 12.2. The van der Waals surface area contributed by atoms with Gasteiger partial charge in [0.15, 0.2) is 0 Å². The van der Waals surface area contributed by atoms with Crippen molar-refractivity contribution in [2.75, 3.05) is 6.61 Å². The van der Waals surface area contributed by atoms with Crippen LogP contribution < -0.4 is 10.1 Å². The van der Waals surface area contributed by atoms with Gasteiger partial charge in [-0.25, -0.2) is 0 Å².